The molecule has 0 aromatic heterocycles. The zero-order valence-electron chi connectivity index (χ0n) is 9.98. The van der Waals surface area contributed by atoms with Gasteiger partial charge in [-0.15, -0.1) is 0 Å². The van der Waals surface area contributed by atoms with Gasteiger partial charge in [-0.05, 0) is 35.9 Å². The minimum absolute atomic E-state index is 0.00173. The fraction of sp³-hybridized carbons (Fsp3) is 0.0714. The third-order valence-electron chi connectivity index (χ3n) is 2.68. The number of hydrogen-bond acceptors (Lipinski definition) is 2. The van der Waals surface area contributed by atoms with Gasteiger partial charge >= 0.3 is 5.97 Å². The van der Waals surface area contributed by atoms with Crippen LogP contribution in [0.2, 0.25) is 5.02 Å². The van der Waals surface area contributed by atoms with Crippen LogP contribution in [0.5, 0.6) is 5.75 Å². The molecule has 0 aliphatic heterocycles. The molecular weight excluding hydrogens is 271 g/mol. The Morgan fingerprint density at radius 1 is 1.26 bits per heavy atom. The molecule has 98 valence electrons. The Morgan fingerprint density at radius 2 is 2.00 bits per heavy atom. The van der Waals surface area contributed by atoms with Crippen LogP contribution in [0.4, 0.5) is 4.39 Å². The summed E-state index contributed by atoms with van der Waals surface area (Å²) in [5.41, 5.74) is 1.42. The van der Waals surface area contributed by atoms with Gasteiger partial charge in [0.25, 0.3) is 0 Å². The van der Waals surface area contributed by atoms with Crippen LogP contribution in [0, 0.1) is 5.82 Å². The number of hydrogen-bond donors (Lipinski definition) is 1. The first kappa shape index (κ1) is 13.4. The van der Waals surface area contributed by atoms with E-state index in [1.807, 2.05) is 0 Å². The normalized spacial score (nSPS) is 10.3. The zero-order valence-corrected chi connectivity index (χ0v) is 10.7. The van der Waals surface area contributed by atoms with E-state index in [1.165, 1.54) is 31.4 Å². The van der Waals surface area contributed by atoms with E-state index in [4.69, 9.17) is 21.4 Å². The van der Waals surface area contributed by atoms with Gasteiger partial charge in [0.15, 0.2) is 0 Å². The minimum Gasteiger partial charge on any atom is -0.496 e. The number of carboxylic acid groups (broad SMARTS) is 1. The monoisotopic (exact) mass is 280 g/mol. The Bertz CT molecular complexity index is 641. The first-order valence-electron chi connectivity index (χ1n) is 5.39. The largest absolute Gasteiger partial charge is 0.496 e. The Morgan fingerprint density at radius 3 is 2.58 bits per heavy atom. The summed E-state index contributed by atoms with van der Waals surface area (Å²) >= 11 is 5.73. The number of ether oxygens (including phenoxy) is 1. The van der Waals surface area contributed by atoms with Crippen molar-refractivity contribution >= 4 is 17.6 Å². The predicted octanol–water partition coefficient (Wildman–Crippen LogP) is 3.85. The van der Waals surface area contributed by atoms with Gasteiger partial charge in [0.1, 0.15) is 11.6 Å². The van der Waals surface area contributed by atoms with Crippen LogP contribution in [0.3, 0.4) is 0 Å². The van der Waals surface area contributed by atoms with Gasteiger partial charge in [-0.25, -0.2) is 9.18 Å². The third kappa shape index (κ3) is 2.69. The minimum atomic E-state index is -1.04. The highest BCUT2D eigenvalue weighted by Gasteiger charge is 2.11. The van der Waals surface area contributed by atoms with E-state index in [9.17, 15) is 9.18 Å². The third-order valence-corrected chi connectivity index (χ3v) is 2.97. The fourth-order valence-electron chi connectivity index (χ4n) is 1.73. The van der Waals surface area contributed by atoms with Crippen molar-refractivity contribution in [3.8, 4) is 16.9 Å². The first-order valence-corrected chi connectivity index (χ1v) is 5.77. The average Bonchev–Trinajstić information content (AvgIpc) is 2.41. The van der Waals surface area contributed by atoms with Crippen LogP contribution < -0.4 is 4.74 Å². The van der Waals surface area contributed by atoms with Crippen LogP contribution in [-0.2, 0) is 0 Å². The molecule has 2 aromatic carbocycles. The summed E-state index contributed by atoms with van der Waals surface area (Å²) in [6.07, 6.45) is 0. The molecule has 0 fully saturated rings. The SMILES string of the molecule is COc1cc(C(=O)O)ccc1-c1ccc(F)c(Cl)c1. The molecule has 3 nitrogen and oxygen atoms in total. The van der Waals surface area contributed by atoms with Crippen LogP contribution in [0.1, 0.15) is 10.4 Å². The van der Waals surface area contributed by atoms with Crippen molar-refractivity contribution in [3.63, 3.8) is 0 Å². The molecule has 0 atom stereocenters. The lowest BCUT2D eigenvalue weighted by Crippen LogP contribution is -1.98. The van der Waals surface area contributed by atoms with E-state index >= 15 is 0 Å². The van der Waals surface area contributed by atoms with Crippen molar-refractivity contribution in [1.29, 1.82) is 0 Å². The Hall–Kier alpha value is -2.07. The van der Waals surface area contributed by atoms with E-state index in [-0.39, 0.29) is 10.6 Å². The van der Waals surface area contributed by atoms with Gasteiger partial charge in [0.05, 0.1) is 17.7 Å². The molecule has 0 unspecified atom stereocenters. The topological polar surface area (TPSA) is 46.5 Å². The molecule has 0 bridgehead atoms. The number of methoxy groups -OCH3 is 1. The fourth-order valence-corrected chi connectivity index (χ4v) is 1.91. The van der Waals surface area contributed by atoms with Gasteiger partial charge in [0, 0.05) is 5.56 Å². The summed E-state index contributed by atoms with van der Waals surface area (Å²) in [5.74, 6) is -1.16. The highest BCUT2D eigenvalue weighted by Crippen LogP contribution is 2.33. The Kier molecular flexibility index (Phi) is 3.71. The second-order valence-electron chi connectivity index (χ2n) is 3.85. The summed E-state index contributed by atoms with van der Waals surface area (Å²) < 4.78 is 18.3. The second kappa shape index (κ2) is 5.28. The van der Waals surface area contributed by atoms with Crippen molar-refractivity contribution in [2.75, 3.05) is 7.11 Å². The number of carboxylic acids is 1. The number of carbonyl (C=O) groups is 1. The van der Waals surface area contributed by atoms with E-state index in [0.29, 0.717) is 16.9 Å². The molecule has 0 amide bonds. The van der Waals surface area contributed by atoms with Gasteiger partial charge in [-0.2, -0.15) is 0 Å². The quantitative estimate of drug-likeness (QED) is 0.929. The number of aromatic carboxylic acids is 1. The molecule has 0 saturated heterocycles. The van der Waals surface area contributed by atoms with E-state index in [1.54, 1.807) is 12.1 Å². The zero-order chi connectivity index (χ0) is 14.0. The maximum absolute atomic E-state index is 13.1. The van der Waals surface area contributed by atoms with Crippen molar-refractivity contribution in [3.05, 3.63) is 52.8 Å². The molecule has 1 N–H and O–H groups in total. The van der Waals surface area contributed by atoms with Crippen LogP contribution in [-0.4, -0.2) is 18.2 Å². The number of benzene rings is 2. The summed E-state index contributed by atoms with van der Waals surface area (Å²) in [6.45, 7) is 0. The molecule has 0 aliphatic carbocycles. The summed E-state index contributed by atoms with van der Waals surface area (Å²) in [7, 11) is 1.44. The molecule has 19 heavy (non-hydrogen) atoms. The van der Waals surface area contributed by atoms with E-state index < -0.39 is 11.8 Å². The second-order valence-corrected chi connectivity index (χ2v) is 4.26. The lowest BCUT2D eigenvalue weighted by molar-refractivity contribution is 0.0696. The maximum atomic E-state index is 13.1. The molecule has 0 radical (unpaired) electrons. The molecule has 2 rings (SSSR count). The first-order chi connectivity index (χ1) is 9.02. The predicted molar refractivity (Wildman–Crippen MR) is 70.4 cm³/mol. The number of halogens is 2. The smallest absolute Gasteiger partial charge is 0.335 e. The standard InChI is InChI=1S/C14H10ClFO3/c1-19-13-7-9(14(17)18)2-4-10(13)8-3-5-12(16)11(15)6-8/h2-7H,1H3,(H,17,18). The molecule has 0 saturated carbocycles. The molecular formula is C14H10ClFO3. The molecule has 2 aromatic rings. The molecule has 0 spiro atoms. The van der Waals surface area contributed by atoms with Crippen molar-refractivity contribution in [2.24, 2.45) is 0 Å². The van der Waals surface area contributed by atoms with Crippen molar-refractivity contribution in [1.82, 2.24) is 0 Å². The van der Waals surface area contributed by atoms with Crippen molar-refractivity contribution in [2.45, 2.75) is 0 Å². The Labute approximate surface area is 114 Å². The van der Waals surface area contributed by atoms with Gasteiger partial charge < -0.3 is 9.84 Å². The van der Waals surface area contributed by atoms with E-state index in [0.717, 1.165) is 0 Å². The molecule has 5 heteroatoms. The van der Waals surface area contributed by atoms with Gasteiger partial charge in [-0.1, -0.05) is 17.7 Å². The highest BCUT2D eigenvalue weighted by molar-refractivity contribution is 6.31. The molecule has 0 aliphatic rings. The lowest BCUT2D eigenvalue weighted by Gasteiger charge is -2.10. The highest BCUT2D eigenvalue weighted by atomic mass is 35.5. The van der Waals surface area contributed by atoms with Crippen molar-refractivity contribution < 1.29 is 19.0 Å². The maximum Gasteiger partial charge on any atom is 0.335 e. The average molecular weight is 281 g/mol. The Balaban J connectivity index is 2.55. The van der Waals surface area contributed by atoms with Gasteiger partial charge in [-0.3, -0.25) is 0 Å². The van der Waals surface area contributed by atoms with Crippen LogP contribution in [0.15, 0.2) is 36.4 Å². The van der Waals surface area contributed by atoms with E-state index in [2.05, 4.69) is 0 Å². The van der Waals surface area contributed by atoms with Crippen LogP contribution in [0.25, 0.3) is 11.1 Å². The number of rotatable bonds is 3. The summed E-state index contributed by atoms with van der Waals surface area (Å²) in [5, 5.41) is 8.92. The summed E-state index contributed by atoms with van der Waals surface area (Å²) in [4.78, 5) is 10.9. The van der Waals surface area contributed by atoms with Crippen LogP contribution >= 0.6 is 11.6 Å². The lowest BCUT2D eigenvalue weighted by atomic mass is 10.0. The summed E-state index contributed by atoms with van der Waals surface area (Å²) in [6, 6.07) is 8.75. The van der Waals surface area contributed by atoms with Gasteiger partial charge in [0.2, 0.25) is 0 Å². The molecule has 0 heterocycles.